The zero-order chi connectivity index (χ0) is 10.4. The monoisotopic (exact) mass is 195 g/mol. The molecular formula is C11H17NO2. The molecule has 78 valence electrons. The largest absolute Gasteiger partial charge is 0.508 e. The van der Waals surface area contributed by atoms with Crippen LogP contribution < -0.4 is 5.73 Å². The standard InChI is InChI=1S/C11H17NO2/c1-2-14-8-9-3-4-11(13)10(7-9)5-6-12/h3-4,7,13H,2,5-6,8,12H2,1H3. The van der Waals surface area contributed by atoms with E-state index >= 15 is 0 Å². The van der Waals surface area contributed by atoms with Crippen LogP contribution in [0.3, 0.4) is 0 Å². The molecule has 0 saturated heterocycles. The van der Waals surface area contributed by atoms with Crippen molar-refractivity contribution >= 4 is 0 Å². The van der Waals surface area contributed by atoms with E-state index in [1.54, 1.807) is 6.07 Å². The lowest BCUT2D eigenvalue weighted by Gasteiger charge is -2.06. The van der Waals surface area contributed by atoms with Crippen LogP contribution in [-0.4, -0.2) is 18.3 Å². The molecule has 1 aromatic rings. The Morgan fingerprint density at radius 1 is 1.43 bits per heavy atom. The molecule has 3 N–H and O–H groups in total. The number of phenols is 1. The lowest BCUT2D eigenvalue weighted by atomic mass is 10.1. The zero-order valence-electron chi connectivity index (χ0n) is 8.49. The average Bonchev–Trinajstić information content (AvgIpc) is 2.19. The predicted molar refractivity (Wildman–Crippen MR) is 56.2 cm³/mol. The number of rotatable bonds is 5. The van der Waals surface area contributed by atoms with Crippen LogP contribution in [0.5, 0.6) is 5.75 Å². The van der Waals surface area contributed by atoms with Gasteiger partial charge in [-0.1, -0.05) is 6.07 Å². The SMILES string of the molecule is CCOCc1ccc(O)c(CCN)c1. The molecule has 0 atom stereocenters. The number of benzene rings is 1. The second-order valence-electron chi connectivity index (χ2n) is 3.14. The summed E-state index contributed by atoms with van der Waals surface area (Å²) in [5.74, 6) is 0.315. The van der Waals surface area contributed by atoms with Crippen molar-refractivity contribution in [1.29, 1.82) is 0 Å². The van der Waals surface area contributed by atoms with Crippen molar-refractivity contribution in [3.8, 4) is 5.75 Å². The minimum atomic E-state index is 0.315. The highest BCUT2D eigenvalue weighted by atomic mass is 16.5. The molecule has 0 spiro atoms. The number of hydrogen-bond donors (Lipinski definition) is 2. The van der Waals surface area contributed by atoms with Crippen LogP contribution in [0.2, 0.25) is 0 Å². The Balaban J connectivity index is 2.72. The minimum absolute atomic E-state index is 0.315. The molecule has 0 aliphatic rings. The lowest BCUT2D eigenvalue weighted by molar-refractivity contribution is 0.134. The van der Waals surface area contributed by atoms with E-state index in [0.717, 1.165) is 11.1 Å². The van der Waals surface area contributed by atoms with Gasteiger partial charge in [-0.05, 0) is 43.1 Å². The molecule has 0 aliphatic carbocycles. The van der Waals surface area contributed by atoms with Crippen molar-refractivity contribution < 1.29 is 9.84 Å². The average molecular weight is 195 g/mol. The van der Waals surface area contributed by atoms with E-state index in [0.29, 0.717) is 31.9 Å². The fourth-order valence-corrected chi connectivity index (χ4v) is 1.30. The van der Waals surface area contributed by atoms with Crippen molar-refractivity contribution in [1.82, 2.24) is 0 Å². The Bertz CT molecular complexity index is 287. The summed E-state index contributed by atoms with van der Waals surface area (Å²) in [6.07, 6.45) is 0.700. The number of hydrogen-bond acceptors (Lipinski definition) is 3. The van der Waals surface area contributed by atoms with Gasteiger partial charge in [0, 0.05) is 6.61 Å². The van der Waals surface area contributed by atoms with Crippen molar-refractivity contribution in [3.63, 3.8) is 0 Å². The quantitative estimate of drug-likeness (QED) is 0.747. The van der Waals surface area contributed by atoms with Gasteiger partial charge in [-0.3, -0.25) is 0 Å². The Kier molecular flexibility index (Phi) is 4.43. The van der Waals surface area contributed by atoms with Crippen molar-refractivity contribution in [2.24, 2.45) is 5.73 Å². The number of nitrogens with two attached hydrogens (primary N) is 1. The summed E-state index contributed by atoms with van der Waals surface area (Å²) in [7, 11) is 0. The Labute approximate surface area is 84.5 Å². The molecule has 1 rings (SSSR count). The third-order valence-corrected chi connectivity index (χ3v) is 2.03. The zero-order valence-corrected chi connectivity index (χ0v) is 8.49. The first kappa shape index (κ1) is 11.0. The molecule has 3 heteroatoms. The van der Waals surface area contributed by atoms with Crippen molar-refractivity contribution in [2.45, 2.75) is 20.0 Å². The van der Waals surface area contributed by atoms with E-state index in [1.807, 2.05) is 19.1 Å². The number of ether oxygens (including phenoxy) is 1. The molecule has 0 fully saturated rings. The van der Waals surface area contributed by atoms with Gasteiger partial charge in [0.15, 0.2) is 0 Å². The Hall–Kier alpha value is -1.06. The van der Waals surface area contributed by atoms with Gasteiger partial charge in [-0.25, -0.2) is 0 Å². The van der Waals surface area contributed by atoms with Crippen molar-refractivity contribution in [2.75, 3.05) is 13.2 Å². The molecule has 0 amide bonds. The summed E-state index contributed by atoms with van der Waals surface area (Å²) in [4.78, 5) is 0. The second-order valence-corrected chi connectivity index (χ2v) is 3.14. The Morgan fingerprint density at radius 3 is 2.86 bits per heavy atom. The van der Waals surface area contributed by atoms with Gasteiger partial charge in [0.05, 0.1) is 6.61 Å². The first-order chi connectivity index (χ1) is 6.77. The molecule has 1 aromatic carbocycles. The van der Waals surface area contributed by atoms with Gasteiger partial charge in [0.1, 0.15) is 5.75 Å². The summed E-state index contributed by atoms with van der Waals surface area (Å²) >= 11 is 0. The molecule has 0 radical (unpaired) electrons. The van der Waals surface area contributed by atoms with Crippen LogP contribution in [0.15, 0.2) is 18.2 Å². The summed E-state index contributed by atoms with van der Waals surface area (Å²) in [6.45, 7) is 3.80. The highest BCUT2D eigenvalue weighted by Crippen LogP contribution is 2.19. The van der Waals surface area contributed by atoms with Crippen LogP contribution >= 0.6 is 0 Å². The third kappa shape index (κ3) is 3.01. The van der Waals surface area contributed by atoms with E-state index in [2.05, 4.69) is 0 Å². The van der Waals surface area contributed by atoms with E-state index in [4.69, 9.17) is 10.5 Å². The van der Waals surface area contributed by atoms with Crippen molar-refractivity contribution in [3.05, 3.63) is 29.3 Å². The first-order valence-electron chi connectivity index (χ1n) is 4.86. The van der Waals surface area contributed by atoms with Crippen LogP contribution in [0, 0.1) is 0 Å². The minimum Gasteiger partial charge on any atom is -0.508 e. The molecular weight excluding hydrogens is 178 g/mol. The third-order valence-electron chi connectivity index (χ3n) is 2.03. The molecule has 0 aliphatic heterocycles. The maximum atomic E-state index is 9.50. The van der Waals surface area contributed by atoms with Crippen LogP contribution in [-0.2, 0) is 17.8 Å². The first-order valence-corrected chi connectivity index (χ1v) is 4.86. The van der Waals surface area contributed by atoms with Gasteiger partial charge in [0.25, 0.3) is 0 Å². The van der Waals surface area contributed by atoms with Crippen LogP contribution in [0.4, 0.5) is 0 Å². The summed E-state index contributed by atoms with van der Waals surface area (Å²) in [5, 5.41) is 9.50. The molecule has 3 nitrogen and oxygen atoms in total. The van der Waals surface area contributed by atoms with Crippen LogP contribution in [0.1, 0.15) is 18.1 Å². The van der Waals surface area contributed by atoms with Gasteiger partial charge < -0.3 is 15.6 Å². The molecule has 0 aromatic heterocycles. The topological polar surface area (TPSA) is 55.5 Å². The maximum absolute atomic E-state index is 9.50. The molecule has 14 heavy (non-hydrogen) atoms. The normalized spacial score (nSPS) is 10.4. The predicted octanol–water partition coefficient (Wildman–Crippen LogP) is 1.43. The maximum Gasteiger partial charge on any atom is 0.118 e. The molecule has 0 bridgehead atoms. The van der Waals surface area contributed by atoms with E-state index in [1.165, 1.54) is 0 Å². The summed E-state index contributed by atoms with van der Waals surface area (Å²) in [6, 6.07) is 5.50. The van der Waals surface area contributed by atoms with E-state index < -0.39 is 0 Å². The van der Waals surface area contributed by atoms with E-state index in [-0.39, 0.29) is 0 Å². The van der Waals surface area contributed by atoms with Gasteiger partial charge >= 0.3 is 0 Å². The summed E-state index contributed by atoms with van der Waals surface area (Å²) in [5.41, 5.74) is 7.41. The van der Waals surface area contributed by atoms with E-state index in [9.17, 15) is 5.11 Å². The second kappa shape index (κ2) is 5.62. The van der Waals surface area contributed by atoms with Crippen LogP contribution in [0.25, 0.3) is 0 Å². The number of aromatic hydroxyl groups is 1. The smallest absolute Gasteiger partial charge is 0.118 e. The molecule has 0 heterocycles. The van der Waals surface area contributed by atoms with Gasteiger partial charge in [-0.2, -0.15) is 0 Å². The molecule has 0 unspecified atom stereocenters. The van der Waals surface area contributed by atoms with Gasteiger partial charge in [0.2, 0.25) is 0 Å². The fourth-order valence-electron chi connectivity index (χ4n) is 1.30. The van der Waals surface area contributed by atoms with Gasteiger partial charge in [-0.15, -0.1) is 0 Å². The molecule has 0 saturated carbocycles. The summed E-state index contributed by atoms with van der Waals surface area (Å²) < 4.78 is 5.28. The Morgan fingerprint density at radius 2 is 2.21 bits per heavy atom. The lowest BCUT2D eigenvalue weighted by Crippen LogP contribution is -2.03. The fraction of sp³-hybridized carbons (Fsp3) is 0.455. The highest BCUT2D eigenvalue weighted by Gasteiger charge is 2.01. The number of phenolic OH excluding ortho intramolecular Hbond substituents is 1. The highest BCUT2D eigenvalue weighted by molar-refractivity contribution is 5.36.